The van der Waals surface area contributed by atoms with Crippen LogP contribution in [-0.2, 0) is 16.1 Å². The summed E-state index contributed by atoms with van der Waals surface area (Å²) in [5, 5.41) is 4.63. The van der Waals surface area contributed by atoms with E-state index >= 15 is 0 Å². The number of aromatic nitrogens is 1. The van der Waals surface area contributed by atoms with Gasteiger partial charge in [-0.2, -0.15) is 8.78 Å². The highest BCUT2D eigenvalue weighted by molar-refractivity contribution is 7.99. The van der Waals surface area contributed by atoms with Crippen molar-refractivity contribution in [3.63, 3.8) is 0 Å². The van der Waals surface area contributed by atoms with Gasteiger partial charge in [0.05, 0.1) is 11.3 Å². The van der Waals surface area contributed by atoms with Gasteiger partial charge in [0.1, 0.15) is 6.61 Å². The molecule has 1 heterocycles. The van der Waals surface area contributed by atoms with Crippen molar-refractivity contribution < 1.29 is 23.1 Å². The molecule has 23 heavy (non-hydrogen) atoms. The van der Waals surface area contributed by atoms with E-state index in [2.05, 4.69) is 10.3 Å². The number of esters is 1. The Morgan fingerprint density at radius 1 is 1.35 bits per heavy atom. The largest absolute Gasteiger partial charge is 0.456 e. The molecule has 0 aliphatic heterocycles. The molecule has 1 aromatic carbocycles. The molecule has 9 heteroatoms. The molecule has 0 unspecified atom stereocenters. The number of thioether (sulfide) groups is 1. The number of alkyl halides is 2. The number of thiazole rings is 1. The molecule has 2 rings (SSSR count). The maximum absolute atomic E-state index is 12.2. The van der Waals surface area contributed by atoms with Gasteiger partial charge >= 0.3 is 5.97 Å². The molecule has 1 aromatic heterocycles. The van der Waals surface area contributed by atoms with E-state index in [4.69, 9.17) is 4.74 Å². The number of hydrogen-bond acceptors (Lipinski definition) is 6. The van der Waals surface area contributed by atoms with Crippen molar-refractivity contribution in [1.82, 2.24) is 4.98 Å². The van der Waals surface area contributed by atoms with E-state index in [9.17, 15) is 18.4 Å². The number of nitrogens with zero attached hydrogens (tertiary/aromatic N) is 1. The van der Waals surface area contributed by atoms with Gasteiger partial charge in [-0.1, -0.05) is 11.8 Å². The lowest BCUT2D eigenvalue weighted by molar-refractivity contribution is -0.114. The van der Waals surface area contributed by atoms with E-state index in [-0.39, 0.29) is 18.1 Å². The third-order valence-corrected chi connectivity index (χ3v) is 4.03. The maximum atomic E-state index is 12.2. The van der Waals surface area contributed by atoms with Crippen molar-refractivity contribution >= 4 is 40.1 Å². The van der Waals surface area contributed by atoms with Crippen molar-refractivity contribution in [1.29, 1.82) is 0 Å². The van der Waals surface area contributed by atoms with Crippen LogP contribution in [0.5, 0.6) is 0 Å². The second kappa shape index (κ2) is 8.02. The Bertz CT molecular complexity index is 690. The van der Waals surface area contributed by atoms with Crippen LogP contribution in [-0.4, -0.2) is 22.6 Å². The van der Waals surface area contributed by atoms with Crippen LogP contribution in [0.4, 0.5) is 13.9 Å². The Morgan fingerprint density at radius 2 is 2.04 bits per heavy atom. The molecule has 0 saturated heterocycles. The van der Waals surface area contributed by atoms with Crippen LogP contribution >= 0.6 is 23.1 Å². The monoisotopic (exact) mass is 358 g/mol. The number of anilines is 1. The molecule has 0 spiro atoms. The third-order valence-electron chi connectivity index (χ3n) is 2.50. The fourth-order valence-electron chi connectivity index (χ4n) is 1.58. The zero-order valence-corrected chi connectivity index (χ0v) is 13.5. The van der Waals surface area contributed by atoms with Crippen molar-refractivity contribution in [3.8, 4) is 0 Å². The summed E-state index contributed by atoms with van der Waals surface area (Å²) in [6.45, 7) is 1.33. The van der Waals surface area contributed by atoms with Crippen LogP contribution in [0, 0.1) is 0 Å². The normalized spacial score (nSPS) is 10.6. The predicted octanol–water partition coefficient (Wildman–Crippen LogP) is 3.77. The van der Waals surface area contributed by atoms with Gasteiger partial charge in [0.2, 0.25) is 5.91 Å². The first-order valence-corrected chi connectivity index (χ1v) is 8.14. The first-order valence-electron chi connectivity index (χ1n) is 6.38. The van der Waals surface area contributed by atoms with Gasteiger partial charge in [0.15, 0.2) is 5.13 Å². The van der Waals surface area contributed by atoms with Gasteiger partial charge in [-0.25, -0.2) is 9.78 Å². The number of nitrogens with one attached hydrogen (secondary N) is 1. The van der Waals surface area contributed by atoms with Crippen molar-refractivity contribution in [2.45, 2.75) is 24.2 Å². The number of halogens is 2. The lowest BCUT2D eigenvalue weighted by atomic mass is 10.2. The quantitative estimate of drug-likeness (QED) is 0.629. The number of rotatable bonds is 6. The molecule has 0 radical (unpaired) electrons. The first-order chi connectivity index (χ1) is 10.9. The van der Waals surface area contributed by atoms with Crippen molar-refractivity contribution in [2.24, 2.45) is 0 Å². The molecule has 122 valence electrons. The van der Waals surface area contributed by atoms with Gasteiger partial charge in [0, 0.05) is 17.2 Å². The molecule has 0 fully saturated rings. The number of amides is 1. The number of ether oxygens (including phenoxy) is 1. The number of hydrogen-bond donors (Lipinski definition) is 1. The summed E-state index contributed by atoms with van der Waals surface area (Å²) in [6, 6.07) is 5.73. The van der Waals surface area contributed by atoms with Crippen LogP contribution in [0.3, 0.4) is 0 Å². The Morgan fingerprint density at radius 3 is 2.65 bits per heavy atom. The smallest absolute Gasteiger partial charge is 0.338 e. The summed E-state index contributed by atoms with van der Waals surface area (Å²) < 4.78 is 29.5. The second-order valence-electron chi connectivity index (χ2n) is 4.30. The van der Waals surface area contributed by atoms with Crippen LogP contribution in [0.25, 0.3) is 0 Å². The van der Waals surface area contributed by atoms with Crippen molar-refractivity contribution in [2.75, 3.05) is 5.32 Å². The molecule has 0 bridgehead atoms. The van der Waals surface area contributed by atoms with E-state index in [1.165, 1.54) is 42.5 Å². The average molecular weight is 358 g/mol. The van der Waals surface area contributed by atoms with Crippen LogP contribution in [0.2, 0.25) is 0 Å². The fourth-order valence-corrected chi connectivity index (χ4v) is 2.82. The molecule has 0 saturated carbocycles. The zero-order valence-electron chi connectivity index (χ0n) is 11.9. The highest BCUT2D eigenvalue weighted by Gasteiger charge is 2.11. The summed E-state index contributed by atoms with van der Waals surface area (Å²) in [5.41, 5.74) is 0.776. The Balaban J connectivity index is 1.89. The predicted molar refractivity (Wildman–Crippen MR) is 83.8 cm³/mol. The standard InChI is InChI=1S/C14H12F2N2O3S2/c1-8(19)17-14-18-10(7-22-14)6-21-12(20)9-2-4-11(5-3-9)23-13(15)16/h2-5,7,13H,6H2,1H3,(H,17,18,19). The lowest BCUT2D eigenvalue weighted by Gasteiger charge is -2.04. The second-order valence-corrected chi connectivity index (χ2v) is 6.23. The minimum atomic E-state index is -2.50. The topological polar surface area (TPSA) is 68.3 Å². The van der Waals surface area contributed by atoms with Gasteiger partial charge in [0.25, 0.3) is 5.76 Å². The van der Waals surface area contributed by atoms with E-state index < -0.39 is 11.7 Å². The number of benzene rings is 1. The molecule has 2 aromatic rings. The highest BCUT2D eigenvalue weighted by atomic mass is 32.2. The van der Waals surface area contributed by atoms with Gasteiger partial charge in [-0.3, -0.25) is 4.79 Å². The summed E-state index contributed by atoms with van der Waals surface area (Å²) >= 11 is 1.63. The van der Waals surface area contributed by atoms with E-state index in [0.717, 1.165) is 0 Å². The fraction of sp³-hybridized carbons (Fsp3) is 0.214. The van der Waals surface area contributed by atoms with Crippen LogP contribution in [0.15, 0.2) is 34.5 Å². The molecule has 1 N–H and O–H groups in total. The van der Waals surface area contributed by atoms with E-state index in [1.54, 1.807) is 5.38 Å². The molecular weight excluding hydrogens is 346 g/mol. The first kappa shape index (κ1) is 17.4. The summed E-state index contributed by atoms with van der Waals surface area (Å²) in [7, 11) is 0. The Hall–Kier alpha value is -2.00. The minimum absolute atomic E-state index is 0.0392. The highest BCUT2D eigenvalue weighted by Crippen LogP contribution is 2.25. The third kappa shape index (κ3) is 5.61. The zero-order chi connectivity index (χ0) is 16.8. The summed E-state index contributed by atoms with van der Waals surface area (Å²) in [4.78, 5) is 27.2. The molecule has 0 atom stereocenters. The SMILES string of the molecule is CC(=O)Nc1nc(COC(=O)c2ccc(SC(F)F)cc2)cs1. The van der Waals surface area contributed by atoms with Crippen LogP contribution < -0.4 is 5.32 Å². The average Bonchev–Trinajstić information content (AvgIpc) is 2.91. The summed E-state index contributed by atoms with van der Waals surface area (Å²) in [5.74, 6) is -3.31. The Kier molecular flexibility index (Phi) is 6.05. The Labute approximate surface area is 139 Å². The number of carbonyl (C=O) groups is 2. The van der Waals surface area contributed by atoms with Gasteiger partial charge < -0.3 is 10.1 Å². The van der Waals surface area contributed by atoms with Crippen LogP contribution in [0.1, 0.15) is 23.0 Å². The maximum Gasteiger partial charge on any atom is 0.338 e. The lowest BCUT2D eigenvalue weighted by Crippen LogP contribution is -2.07. The molecule has 0 aliphatic carbocycles. The molecule has 0 aliphatic rings. The van der Waals surface area contributed by atoms with Gasteiger partial charge in [-0.15, -0.1) is 11.3 Å². The van der Waals surface area contributed by atoms with E-state index in [1.807, 2.05) is 0 Å². The number of carbonyl (C=O) groups excluding carboxylic acids is 2. The molecular formula is C14H12F2N2O3S2. The molecule has 1 amide bonds. The minimum Gasteiger partial charge on any atom is -0.456 e. The van der Waals surface area contributed by atoms with Crippen molar-refractivity contribution in [3.05, 3.63) is 40.9 Å². The van der Waals surface area contributed by atoms with Gasteiger partial charge in [-0.05, 0) is 24.3 Å². The summed E-state index contributed by atoms with van der Waals surface area (Å²) in [6.07, 6.45) is 0. The van der Waals surface area contributed by atoms with E-state index in [0.29, 0.717) is 27.5 Å². The molecule has 5 nitrogen and oxygen atoms in total.